The minimum atomic E-state index is -2.97. The van der Waals surface area contributed by atoms with E-state index in [-0.39, 0.29) is 17.9 Å². The highest BCUT2D eigenvalue weighted by Gasteiger charge is 2.44. The second-order valence-corrected chi connectivity index (χ2v) is 3.89. The zero-order valence-corrected chi connectivity index (χ0v) is 8.08. The number of piperidine rings is 1. The predicted molar refractivity (Wildman–Crippen MR) is 47.2 cm³/mol. The van der Waals surface area contributed by atoms with Crippen LogP contribution in [0.4, 0.5) is 8.78 Å². The van der Waals surface area contributed by atoms with Crippen molar-refractivity contribution < 1.29 is 18.4 Å². The van der Waals surface area contributed by atoms with Gasteiger partial charge < -0.3 is 10.2 Å². The van der Waals surface area contributed by atoms with Crippen molar-refractivity contribution >= 4 is 11.8 Å². The van der Waals surface area contributed by atoms with E-state index in [0.717, 1.165) is 4.90 Å². The smallest absolute Gasteiger partial charge is 0.315 e. The Hall–Kier alpha value is -1.20. The normalized spacial score (nSPS) is 30.3. The van der Waals surface area contributed by atoms with Gasteiger partial charge in [0.25, 0.3) is 5.91 Å². The van der Waals surface area contributed by atoms with Gasteiger partial charge in [0.1, 0.15) is 0 Å². The summed E-state index contributed by atoms with van der Waals surface area (Å²) >= 11 is 0. The summed E-state index contributed by atoms with van der Waals surface area (Å²) < 4.78 is 24.5. The second kappa shape index (κ2) is 3.75. The Labute approximate surface area is 85.6 Å². The highest BCUT2D eigenvalue weighted by Crippen LogP contribution is 2.28. The van der Waals surface area contributed by atoms with E-state index in [1.165, 1.54) is 0 Å². The quantitative estimate of drug-likeness (QED) is 0.673. The first-order chi connectivity index (χ1) is 7.11. The lowest BCUT2D eigenvalue weighted by atomic mass is 9.91. The zero-order chi connectivity index (χ0) is 11.0. The molecule has 0 bridgehead atoms. The molecule has 4 nitrogen and oxygen atoms in total. The highest BCUT2D eigenvalue weighted by molar-refractivity contribution is 5.85. The molecule has 2 aliphatic rings. The van der Waals surface area contributed by atoms with E-state index in [1.54, 1.807) is 0 Å². The first-order valence-electron chi connectivity index (χ1n) is 4.97. The maximum Gasteiger partial charge on any atom is 0.315 e. The van der Waals surface area contributed by atoms with Gasteiger partial charge in [-0.2, -0.15) is 8.78 Å². The molecule has 84 valence electrons. The van der Waals surface area contributed by atoms with Crippen molar-refractivity contribution in [2.45, 2.75) is 25.3 Å². The van der Waals surface area contributed by atoms with Crippen LogP contribution >= 0.6 is 0 Å². The molecule has 15 heavy (non-hydrogen) atoms. The number of hydrogen-bond donors (Lipinski definition) is 1. The van der Waals surface area contributed by atoms with Gasteiger partial charge in [-0.1, -0.05) is 0 Å². The van der Waals surface area contributed by atoms with Gasteiger partial charge in [-0.3, -0.25) is 9.59 Å². The van der Waals surface area contributed by atoms with Crippen molar-refractivity contribution in [2.24, 2.45) is 5.92 Å². The first-order valence-corrected chi connectivity index (χ1v) is 4.97. The molecule has 2 atom stereocenters. The van der Waals surface area contributed by atoms with E-state index >= 15 is 0 Å². The van der Waals surface area contributed by atoms with Crippen LogP contribution in [-0.2, 0) is 9.59 Å². The molecule has 2 amide bonds. The molecule has 2 fully saturated rings. The molecule has 0 aromatic heterocycles. The van der Waals surface area contributed by atoms with Crippen molar-refractivity contribution in [3.05, 3.63) is 0 Å². The minimum Gasteiger partial charge on any atom is -0.354 e. The van der Waals surface area contributed by atoms with Gasteiger partial charge in [0.15, 0.2) is 0 Å². The van der Waals surface area contributed by atoms with Crippen molar-refractivity contribution in [3.8, 4) is 0 Å². The molecule has 0 aliphatic carbocycles. The monoisotopic (exact) mass is 218 g/mol. The van der Waals surface area contributed by atoms with Crippen molar-refractivity contribution in [1.29, 1.82) is 0 Å². The molecule has 2 rings (SSSR count). The Bertz CT molecular complexity index is 296. The average Bonchev–Trinajstić information content (AvgIpc) is 2.59. The van der Waals surface area contributed by atoms with Gasteiger partial charge in [0.2, 0.25) is 5.91 Å². The molecule has 0 spiro atoms. The number of carbonyl (C=O) groups excluding carboxylic acids is 2. The third kappa shape index (κ3) is 1.68. The maximum atomic E-state index is 12.3. The largest absolute Gasteiger partial charge is 0.354 e. The summed E-state index contributed by atoms with van der Waals surface area (Å²) in [5, 5.41) is 2.61. The van der Waals surface area contributed by atoms with E-state index in [0.29, 0.717) is 25.9 Å². The fourth-order valence-corrected chi connectivity index (χ4v) is 2.35. The summed E-state index contributed by atoms with van der Waals surface area (Å²) in [6.45, 7) is 0.640. The predicted octanol–water partition coefficient (Wildman–Crippen LogP) is -0.0115. The molecule has 6 heteroatoms. The highest BCUT2D eigenvalue weighted by atomic mass is 19.3. The summed E-state index contributed by atoms with van der Waals surface area (Å²) in [4.78, 5) is 23.6. The topological polar surface area (TPSA) is 49.4 Å². The Morgan fingerprint density at radius 2 is 2.27 bits per heavy atom. The molecule has 0 aromatic rings. The number of carbonyl (C=O) groups is 2. The number of amides is 2. The number of rotatable bonds is 1. The Morgan fingerprint density at radius 3 is 2.93 bits per heavy atom. The van der Waals surface area contributed by atoms with E-state index in [9.17, 15) is 18.4 Å². The lowest BCUT2D eigenvalue weighted by Gasteiger charge is -2.35. The van der Waals surface area contributed by atoms with E-state index < -0.39 is 12.3 Å². The fraction of sp³-hybridized carbons (Fsp3) is 0.778. The van der Waals surface area contributed by atoms with Crippen molar-refractivity contribution in [3.63, 3.8) is 0 Å². The van der Waals surface area contributed by atoms with Crippen LogP contribution in [-0.4, -0.2) is 42.3 Å². The lowest BCUT2D eigenvalue weighted by Crippen LogP contribution is -2.50. The van der Waals surface area contributed by atoms with Gasteiger partial charge in [0.05, 0.1) is 12.0 Å². The molecule has 0 saturated carbocycles. The summed E-state index contributed by atoms with van der Waals surface area (Å²) in [5.41, 5.74) is 0. The standard InChI is InChI=1S/C9H12F2N2O2/c10-7(11)9(15)13-3-1-2-5-6(13)4-12-8(5)14/h5-7H,1-4H2,(H,12,14). The zero-order valence-electron chi connectivity index (χ0n) is 8.08. The fourth-order valence-electron chi connectivity index (χ4n) is 2.35. The van der Waals surface area contributed by atoms with Crippen LogP contribution in [0.2, 0.25) is 0 Å². The molecule has 1 N–H and O–H groups in total. The second-order valence-electron chi connectivity index (χ2n) is 3.89. The number of nitrogens with zero attached hydrogens (tertiary/aromatic N) is 1. The molecule has 0 aromatic carbocycles. The summed E-state index contributed by atoms with van der Waals surface area (Å²) in [7, 11) is 0. The van der Waals surface area contributed by atoms with Crippen LogP contribution in [0.1, 0.15) is 12.8 Å². The molecule has 2 heterocycles. The third-order valence-electron chi connectivity index (χ3n) is 3.07. The molecule has 2 unspecified atom stereocenters. The Balaban J connectivity index is 2.13. The average molecular weight is 218 g/mol. The summed E-state index contributed by atoms with van der Waals surface area (Å²) in [5.74, 6) is -1.56. The Morgan fingerprint density at radius 1 is 1.53 bits per heavy atom. The number of halogens is 2. The maximum absolute atomic E-state index is 12.3. The minimum absolute atomic E-state index is 0.119. The SMILES string of the molecule is O=C1NCC2C1CCCN2C(=O)C(F)F. The van der Waals surface area contributed by atoms with Gasteiger partial charge in [-0.05, 0) is 12.8 Å². The summed E-state index contributed by atoms with van der Waals surface area (Å²) in [6.07, 6.45) is -1.67. The van der Waals surface area contributed by atoms with Crippen LogP contribution in [0.5, 0.6) is 0 Å². The molecule has 2 aliphatic heterocycles. The van der Waals surface area contributed by atoms with Crippen LogP contribution in [0.25, 0.3) is 0 Å². The molecular weight excluding hydrogens is 206 g/mol. The van der Waals surface area contributed by atoms with Gasteiger partial charge >= 0.3 is 6.43 Å². The van der Waals surface area contributed by atoms with Crippen LogP contribution in [0.3, 0.4) is 0 Å². The summed E-state index contributed by atoms with van der Waals surface area (Å²) in [6, 6.07) is -0.368. The van der Waals surface area contributed by atoms with E-state index in [4.69, 9.17) is 0 Å². The van der Waals surface area contributed by atoms with Crippen molar-refractivity contribution in [2.75, 3.05) is 13.1 Å². The van der Waals surface area contributed by atoms with Crippen LogP contribution in [0, 0.1) is 5.92 Å². The Kier molecular flexibility index (Phi) is 2.58. The van der Waals surface area contributed by atoms with E-state index in [2.05, 4.69) is 5.32 Å². The van der Waals surface area contributed by atoms with Crippen LogP contribution in [0.15, 0.2) is 0 Å². The van der Waals surface area contributed by atoms with Gasteiger partial charge in [-0.25, -0.2) is 0 Å². The number of alkyl halides is 2. The van der Waals surface area contributed by atoms with Gasteiger partial charge in [-0.15, -0.1) is 0 Å². The lowest BCUT2D eigenvalue weighted by molar-refractivity contribution is -0.147. The molecule has 2 saturated heterocycles. The number of likely N-dealkylation sites (tertiary alicyclic amines) is 1. The number of hydrogen-bond acceptors (Lipinski definition) is 2. The molecular formula is C9H12F2N2O2. The first kappa shape index (κ1) is 10.3. The van der Waals surface area contributed by atoms with Crippen LogP contribution < -0.4 is 5.32 Å². The number of nitrogens with one attached hydrogen (secondary N) is 1. The molecule has 0 radical (unpaired) electrons. The van der Waals surface area contributed by atoms with E-state index in [1.807, 2.05) is 0 Å². The number of fused-ring (bicyclic) bond motifs is 1. The van der Waals surface area contributed by atoms with Crippen molar-refractivity contribution in [1.82, 2.24) is 10.2 Å². The third-order valence-corrected chi connectivity index (χ3v) is 3.07. The van der Waals surface area contributed by atoms with Gasteiger partial charge in [0, 0.05) is 13.1 Å².